The molecule has 29 heavy (non-hydrogen) atoms. The van der Waals surface area contributed by atoms with Crippen LogP contribution < -0.4 is 5.73 Å². The molecule has 2 aliphatic rings. The minimum Gasteiger partial charge on any atom is -0.333 e. The number of carbonyl (C=O) groups is 1. The summed E-state index contributed by atoms with van der Waals surface area (Å²) in [6.07, 6.45) is 11.6. The second kappa shape index (κ2) is 9.15. The standard InChI is InChI=1S/C25H29ClN2O/c26-23-14-19(11-10-18-6-2-1-3-7-18)12-13-20(23)15-24(27)25(29)28-16-21-8-4-5-9-22(21)17-28/h4-5,8-14,18,24H,1-3,6-7,15-17,27H2. The van der Waals surface area contributed by atoms with Crippen molar-refractivity contribution in [3.05, 3.63) is 75.8 Å². The molecule has 0 radical (unpaired) electrons. The van der Waals surface area contributed by atoms with Crippen LogP contribution in [-0.4, -0.2) is 16.8 Å². The number of fused-ring (bicyclic) bond motifs is 1. The van der Waals surface area contributed by atoms with E-state index in [0.29, 0.717) is 30.5 Å². The van der Waals surface area contributed by atoms with E-state index < -0.39 is 6.04 Å². The van der Waals surface area contributed by atoms with E-state index in [2.05, 4.69) is 30.4 Å². The maximum atomic E-state index is 12.8. The average Bonchev–Trinajstić information content (AvgIpc) is 3.18. The van der Waals surface area contributed by atoms with Crippen molar-refractivity contribution in [2.24, 2.45) is 11.7 Å². The Hall–Kier alpha value is -2.10. The summed E-state index contributed by atoms with van der Waals surface area (Å²) in [5.41, 5.74) is 10.7. The molecule has 0 saturated heterocycles. The van der Waals surface area contributed by atoms with Crippen molar-refractivity contribution >= 4 is 23.6 Å². The summed E-state index contributed by atoms with van der Waals surface area (Å²) in [5, 5.41) is 0.684. The van der Waals surface area contributed by atoms with Crippen LogP contribution in [0.2, 0.25) is 5.02 Å². The molecule has 0 aromatic heterocycles. The molecule has 1 atom stereocenters. The summed E-state index contributed by atoms with van der Waals surface area (Å²) >= 11 is 6.52. The van der Waals surface area contributed by atoms with Gasteiger partial charge in [-0.25, -0.2) is 0 Å². The van der Waals surface area contributed by atoms with Crippen molar-refractivity contribution in [2.45, 2.75) is 57.7 Å². The number of hydrogen-bond acceptors (Lipinski definition) is 2. The number of benzene rings is 2. The molecule has 0 bridgehead atoms. The Morgan fingerprint density at radius 2 is 1.79 bits per heavy atom. The van der Waals surface area contributed by atoms with Gasteiger partial charge in [-0.05, 0) is 53.5 Å². The lowest BCUT2D eigenvalue weighted by Crippen LogP contribution is -2.42. The molecule has 1 aliphatic heterocycles. The van der Waals surface area contributed by atoms with Crippen LogP contribution in [0.5, 0.6) is 0 Å². The molecule has 1 heterocycles. The maximum Gasteiger partial charge on any atom is 0.240 e. The SMILES string of the molecule is NC(Cc1ccc(C=CC2CCCCC2)cc1Cl)C(=O)N1Cc2ccccc2C1. The highest BCUT2D eigenvalue weighted by atomic mass is 35.5. The third kappa shape index (κ3) is 4.91. The molecule has 1 unspecified atom stereocenters. The summed E-state index contributed by atoms with van der Waals surface area (Å²) < 4.78 is 0. The quantitative estimate of drug-likeness (QED) is 0.725. The van der Waals surface area contributed by atoms with Gasteiger partial charge in [-0.15, -0.1) is 0 Å². The number of rotatable bonds is 5. The predicted molar refractivity (Wildman–Crippen MR) is 119 cm³/mol. The third-order valence-corrected chi connectivity index (χ3v) is 6.55. The molecule has 1 saturated carbocycles. The monoisotopic (exact) mass is 408 g/mol. The molecule has 4 rings (SSSR count). The van der Waals surface area contributed by atoms with Gasteiger partial charge >= 0.3 is 0 Å². The second-order valence-electron chi connectivity index (χ2n) is 8.38. The van der Waals surface area contributed by atoms with Gasteiger partial charge in [0.15, 0.2) is 0 Å². The fourth-order valence-corrected chi connectivity index (χ4v) is 4.72. The highest BCUT2D eigenvalue weighted by Gasteiger charge is 2.27. The van der Waals surface area contributed by atoms with E-state index in [1.165, 1.54) is 43.2 Å². The number of allylic oxidation sites excluding steroid dienone is 1. The molecule has 1 fully saturated rings. The summed E-state index contributed by atoms with van der Waals surface area (Å²) in [4.78, 5) is 14.7. The Morgan fingerprint density at radius 3 is 2.45 bits per heavy atom. The van der Waals surface area contributed by atoms with Gasteiger partial charge in [0.05, 0.1) is 6.04 Å². The van der Waals surface area contributed by atoms with Crippen molar-refractivity contribution in [3.8, 4) is 0 Å². The molecule has 152 valence electrons. The van der Waals surface area contributed by atoms with E-state index in [1.807, 2.05) is 29.2 Å². The number of hydrogen-bond donors (Lipinski definition) is 1. The zero-order valence-electron chi connectivity index (χ0n) is 16.8. The van der Waals surface area contributed by atoms with Gasteiger partial charge in [-0.3, -0.25) is 4.79 Å². The molecule has 3 nitrogen and oxygen atoms in total. The van der Waals surface area contributed by atoms with Crippen molar-refractivity contribution in [1.82, 2.24) is 4.90 Å². The summed E-state index contributed by atoms with van der Waals surface area (Å²) in [6, 6.07) is 13.7. The number of nitrogens with zero attached hydrogens (tertiary/aromatic N) is 1. The maximum absolute atomic E-state index is 12.8. The number of nitrogens with two attached hydrogens (primary N) is 1. The molecular formula is C25H29ClN2O. The van der Waals surface area contributed by atoms with Crippen molar-refractivity contribution in [3.63, 3.8) is 0 Å². The Kier molecular flexibility index (Phi) is 6.37. The average molecular weight is 409 g/mol. The van der Waals surface area contributed by atoms with Gasteiger partial charge < -0.3 is 10.6 Å². The molecule has 1 amide bonds. The van der Waals surface area contributed by atoms with Gasteiger partial charge in [0.25, 0.3) is 0 Å². The molecule has 2 N–H and O–H groups in total. The molecule has 1 aliphatic carbocycles. The van der Waals surface area contributed by atoms with Crippen LogP contribution in [0.4, 0.5) is 0 Å². The van der Waals surface area contributed by atoms with E-state index in [1.54, 1.807) is 0 Å². The summed E-state index contributed by atoms with van der Waals surface area (Å²) in [5.74, 6) is 0.677. The van der Waals surface area contributed by atoms with Gasteiger partial charge in [-0.1, -0.05) is 79.4 Å². The summed E-state index contributed by atoms with van der Waals surface area (Å²) in [7, 11) is 0. The molecular weight excluding hydrogens is 380 g/mol. The first kappa shape index (κ1) is 20.2. The molecule has 2 aromatic rings. The zero-order chi connectivity index (χ0) is 20.2. The Labute approximate surface area is 178 Å². The van der Waals surface area contributed by atoms with Crippen molar-refractivity contribution in [1.29, 1.82) is 0 Å². The number of carbonyl (C=O) groups excluding carboxylic acids is 1. The largest absolute Gasteiger partial charge is 0.333 e. The molecule has 0 spiro atoms. The van der Waals surface area contributed by atoms with Gasteiger partial charge in [0, 0.05) is 18.1 Å². The van der Waals surface area contributed by atoms with E-state index in [4.69, 9.17) is 17.3 Å². The minimum absolute atomic E-state index is 0.0152. The van der Waals surface area contributed by atoms with E-state index in [9.17, 15) is 4.79 Å². The number of amides is 1. The van der Waals surface area contributed by atoms with E-state index in [-0.39, 0.29) is 5.91 Å². The predicted octanol–water partition coefficient (Wildman–Crippen LogP) is 5.35. The van der Waals surface area contributed by atoms with E-state index >= 15 is 0 Å². The molecule has 2 aromatic carbocycles. The van der Waals surface area contributed by atoms with Crippen molar-refractivity contribution < 1.29 is 4.79 Å². The summed E-state index contributed by atoms with van der Waals surface area (Å²) in [6.45, 7) is 1.28. The smallest absolute Gasteiger partial charge is 0.240 e. The zero-order valence-corrected chi connectivity index (χ0v) is 17.6. The molecule has 4 heteroatoms. The second-order valence-corrected chi connectivity index (χ2v) is 8.79. The Bertz CT molecular complexity index is 876. The highest BCUT2D eigenvalue weighted by Crippen LogP contribution is 2.27. The first-order chi connectivity index (χ1) is 14.1. The van der Waals surface area contributed by atoms with E-state index in [0.717, 1.165) is 11.1 Å². The van der Waals surface area contributed by atoms with Crippen LogP contribution in [0, 0.1) is 5.92 Å². The van der Waals surface area contributed by atoms with Crippen LogP contribution in [0.25, 0.3) is 6.08 Å². The van der Waals surface area contributed by atoms with Gasteiger partial charge in [0.2, 0.25) is 5.91 Å². The lowest BCUT2D eigenvalue weighted by Gasteiger charge is -2.21. The van der Waals surface area contributed by atoms with Crippen LogP contribution in [0.1, 0.15) is 54.4 Å². The fraction of sp³-hybridized carbons (Fsp3) is 0.400. The first-order valence-corrected chi connectivity index (χ1v) is 11.1. The lowest BCUT2D eigenvalue weighted by atomic mass is 9.88. The topological polar surface area (TPSA) is 46.3 Å². The fourth-order valence-electron chi connectivity index (χ4n) is 4.45. The first-order valence-electron chi connectivity index (χ1n) is 10.7. The lowest BCUT2D eigenvalue weighted by molar-refractivity contribution is -0.133. The number of halogens is 1. The Morgan fingerprint density at radius 1 is 1.10 bits per heavy atom. The minimum atomic E-state index is -0.578. The third-order valence-electron chi connectivity index (χ3n) is 6.20. The highest BCUT2D eigenvalue weighted by molar-refractivity contribution is 6.31. The Balaban J connectivity index is 1.36. The van der Waals surface area contributed by atoms with Crippen molar-refractivity contribution in [2.75, 3.05) is 0 Å². The van der Waals surface area contributed by atoms with Crippen LogP contribution in [0.3, 0.4) is 0 Å². The van der Waals surface area contributed by atoms with Crippen LogP contribution >= 0.6 is 11.6 Å². The van der Waals surface area contributed by atoms with Crippen LogP contribution in [-0.2, 0) is 24.3 Å². The van der Waals surface area contributed by atoms with Gasteiger partial charge in [-0.2, -0.15) is 0 Å². The van der Waals surface area contributed by atoms with Crippen LogP contribution in [0.15, 0.2) is 48.5 Å². The normalized spacial score (nSPS) is 18.2. The van der Waals surface area contributed by atoms with Gasteiger partial charge in [0.1, 0.15) is 0 Å².